The Kier molecular flexibility index (Phi) is 30.7. The molecule has 9 amide bonds. The summed E-state index contributed by atoms with van der Waals surface area (Å²) in [7, 11) is 0. The van der Waals surface area contributed by atoms with Gasteiger partial charge in [-0.3, -0.25) is 53.0 Å². The molecule has 6 aromatic rings. The number of hydrogen-bond donors (Lipinski definition) is 12. The highest BCUT2D eigenvalue weighted by Crippen LogP contribution is 2.36. The maximum Gasteiger partial charge on any atom is 0.326 e. The molecule has 1 aliphatic carbocycles. The molecular formula is C82H103N11O15. The number of carboxylic acid groups (broad SMARTS) is 2. The number of nitrogens with zero attached hydrogens (tertiary/aromatic N) is 3. The first-order chi connectivity index (χ1) is 51.6. The average molecular weight is 1480 g/mol. The third-order valence-corrected chi connectivity index (χ3v) is 20.0. The number of carbonyl (C=O) groups is 11. The Hall–Kier alpha value is -11.0. The minimum Gasteiger partial charge on any atom is -0.508 e. The molecule has 0 bridgehead atoms. The van der Waals surface area contributed by atoms with Crippen molar-refractivity contribution in [3.8, 4) is 11.5 Å². The zero-order chi connectivity index (χ0) is 78.1. The van der Waals surface area contributed by atoms with Gasteiger partial charge in [-0.1, -0.05) is 110 Å². The van der Waals surface area contributed by atoms with Gasteiger partial charge >= 0.3 is 11.9 Å². The number of phenolic OH excluding ortho intramolecular Hbond substituents is 2. The molecule has 1 fully saturated rings. The summed E-state index contributed by atoms with van der Waals surface area (Å²) in [6.45, 7) is 12.5. The van der Waals surface area contributed by atoms with E-state index < -0.39 is 109 Å². The number of amides is 9. The third kappa shape index (κ3) is 24.5. The fourth-order valence-electron chi connectivity index (χ4n) is 14.2. The number of benzene rings is 6. The van der Waals surface area contributed by atoms with E-state index in [1.54, 1.807) is 88.4 Å². The maximum absolute atomic E-state index is 14.5. The third-order valence-electron chi connectivity index (χ3n) is 20.0. The van der Waals surface area contributed by atoms with Crippen LogP contribution < -0.4 is 47.4 Å². The fraction of sp³-hybridized carbons (Fsp3) is 0.427. The number of carboxylic acids is 2. The van der Waals surface area contributed by atoms with Gasteiger partial charge in [-0.25, -0.2) is 9.59 Å². The molecule has 8 rings (SSSR count). The maximum atomic E-state index is 14.5. The van der Waals surface area contributed by atoms with Crippen molar-refractivity contribution in [1.82, 2.24) is 52.3 Å². The van der Waals surface area contributed by atoms with Crippen molar-refractivity contribution < 1.29 is 73.2 Å². The Morgan fingerprint density at radius 2 is 0.944 bits per heavy atom. The predicted octanol–water partition coefficient (Wildman–Crippen LogP) is 5.91. The Balaban J connectivity index is 0.962. The lowest BCUT2D eigenvalue weighted by atomic mass is 9.85. The fourth-order valence-corrected chi connectivity index (χ4v) is 14.2. The molecule has 2 aliphatic rings. The largest absolute Gasteiger partial charge is 0.508 e. The molecule has 1 aliphatic heterocycles. The molecule has 0 saturated carbocycles. The number of hydrogen-bond acceptors (Lipinski definition) is 15. The van der Waals surface area contributed by atoms with Gasteiger partial charge in [-0.2, -0.15) is 0 Å². The number of fused-ring (bicyclic) bond motifs is 1. The Labute approximate surface area is 630 Å². The van der Waals surface area contributed by atoms with Crippen molar-refractivity contribution in [2.24, 2.45) is 0 Å². The molecule has 576 valence electrons. The molecular weight excluding hydrogens is 1380 g/mol. The molecule has 108 heavy (non-hydrogen) atoms. The number of anilines is 1. The van der Waals surface area contributed by atoms with E-state index in [0.29, 0.717) is 70.4 Å². The summed E-state index contributed by atoms with van der Waals surface area (Å²) in [5.41, 5.74) is 9.25. The number of aryl methyl sites for hydroxylation is 5. The van der Waals surface area contributed by atoms with Crippen LogP contribution in [0.4, 0.5) is 5.69 Å². The Morgan fingerprint density at radius 3 is 1.39 bits per heavy atom. The molecule has 1 unspecified atom stereocenters. The first-order valence-corrected chi connectivity index (χ1v) is 37.0. The minimum absolute atomic E-state index is 0.0140. The summed E-state index contributed by atoms with van der Waals surface area (Å²) < 4.78 is 0. The van der Waals surface area contributed by atoms with E-state index in [0.717, 1.165) is 61.0 Å². The van der Waals surface area contributed by atoms with Gasteiger partial charge in [0, 0.05) is 88.9 Å². The standard InChI is InChI=1S/C82H103N11O15/c1-8-76(100)93(60-26-16-11-17-27-60)49-61-28-18-19-34-92(61)48-58-30-31-64-59(41-58)25-20-29-71(64)91(35-32-72(96)87-67(42-56-21-12-9-13-22-56)79(103)83-46-74(98)85-54(6)77(101)89-69(81(105)106)44-65-50(2)37-62(94)38-51(65)3)36-33-73(97)88-68(43-57-23-14-10-15-24-57)80(104)84-47-75(99)86-55(7)78(102)90-70(82(107)108)45-66-52(4)39-63(95)40-53(66)5/h9-17,21-24,26-27,30-31,37-41,54-55,61,67-71,94-95H,8,18-20,25,28-29,32-36,42-49H2,1-7H3,(H,83,103)(H,84,104)(H,85,98)(H,86,99)(H,87,96)(H,88,97)(H,89,101)(H,90,102)(H,105,106)(H,107,108)/t54-,55-,61?,67+,68+,69+,70+,71-/m1/s1. The van der Waals surface area contributed by atoms with Gasteiger partial charge in [0.25, 0.3) is 0 Å². The van der Waals surface area contributed by atoms with Crippen molar-refractivity contribution in [1.29, 1.82) is 0 Å². The number of nitrogens with one attached hydrogen (secondary N) is 8. The highest BCUT2D eigenvalue weighted by atomic mass is 16.4. The van der Waals surface area contributed by atoms with E-state index in [9.17, 15) is 73.2 Å². The van der Waals surface area contributed by atoms with Crippen LogP contribution in [0.15, 0.2) is 133 Å². The van der Waals surface area contributed by atoms with Crippen molar-refractivity contribution in [3.63, 3.8) is 0 Å². The molecule has 0 aromatic heterocycles. The topological polar surface area (TPSA) is 375 Å². The molecule has 26 nitrogen and oxygen atoms in total. The van der Waals surface area contributed by atoms with Crippen LogP contribution in [-0.2, 0) is 91.4 Å². The lowest BCUT2D eigenvalue weighted by Crippen LogP contribution is -2.54. The number of aromatic hydroxyl groups is 2. The van der Waals surface area contributed by atoms with Gasteiger partial charge in [-0.15, -0.1) is 0 Å². The van der Waals surface area contributed by atoms with Gasteiger partial charge in [0.1, 0.15) is 47.8 Å². The minimum atomic E-state index is -1.38. The summed E-state index contributed by atoms with van der Waals surface area (Å²) in [4.78, 5) is 155. The van der Waals surface area contributed by atoms with Gasteiger partial charge in [0.05, 0.1) is 13.1 Å². The highest BCUT2D eigenvalue weighted by Gasteiger charge is 2.34. The zero-order valence-electron chi connectivity index (χ0n) is 62.6. The smallest absolute Gasteiger partial charge is 0.326 e. The normalized spacial score (nSPS) is 15.8. The quantitative estimate of drug-likeness (QED) is 0.0216. The average Bonchev–Trinajstić information content (AvgIpc) is 0.819. The van der Waals surface area contributed by atoms with Gasteiger partial charge in [-0.05, 0) is 178 Å². The van der Waals surface area contributed by atoms with E-state index >= 15 is 0 Å². The molecule has 12 N–H and O–H groups in total. The lowest BCUT2D eigenvalue weighted by molar-refractivity contribution is -0.142. The van der Waals surface area contributed by atoms with Crippen LogP contribution >= 0.6 is 0 Å². The first-order valence-electron chi connectivity index (χ1n) is 37.0. The molecule has 1 saturated heterocycles. The molecule has 1 heterocycles. The van der Waals surface area contributed by atoms with Crippen molar-refractivity contribution in [3.05, 3.63) is 195 Å². The summed E-state index contributed by atoms with van der Waals surface area (Å²) in [6.07, 6.45) is 5.11. The lowest BCUT2D eigenvalue weighted by Gasteiger charge is -2.39. The molecule has 8 atom stereocenters. The second-order valence-corrected chi connectivity index (χ2v) is 28.2. The Bertz CT molecular complexity index is 3930. The SMILES string of the molecule is CCC(=O)N(CC1CCCCN1Cc1ccc2c(c1)CCC[C@H]2N(CCC(=O)N[C@@H](Cc1ccccc1)C(=O)NCC(=O)N[C@H](C)C(=O)N[C@@H](Cc1c(C)cc(O)cc1C)C(=O)O)CCC(=O)N[C@@H](Cc1ccccc1)C(=O)NCC(=O)N[C@H](C)C(=O)N[C@@H](Cc1c(C)cc(O)cc1C)C(=O)O)c1ccccc1. The highest BCUT2D eigenvalue weighted by molar-refractivity contribution is 5.96. The van der Waals surface area contributed by atoms with Crippen molar-refractivity contribution in [2.75, 3.05) is 44.2 Å². The first kappa shape index (κ1) is 82.7. The second kappa shape index (κ2) is 40.1. The van der Waals surface area contributed by atoms with Gasteiger partial charge < -0.3 is 67.9 Å². The number of para-hydroxylation sites is 1. The summed E-state index contributed by atoms with van der Waals surface area (Å²) >= 11 is 0. The Morgan fingerprint density at radius 1 is 0.491 bits per heavy atom. The van der Waals surface area contributed by atoms with Crippen LogP contribution in [0.2, 0.25) is 0 Å². The molecule has 0 radical (unpaired) electrons. The number of likely N-dealkylation sites (tertiary alicyclic amines) is 1. The van der Waals surface area contributed by atoms with Crippen molar-refractivity contribution >= 4 is 70.8 Å². The summed E-state index contributed by atoms with van der Waals surface area (Å²) in [5, 5.41) is 61.0. The van der Waals surface area contributed by atoms with Crippen LogP contribution in [0, 0.1) is 27.7 Å². The molecule has 0 spiro atoms. The number of piperidine rings is 1. The van der Waals surface area contributed by atoms with Gasteiger partial charge in [0.15, 0.2) is 0 Å². The molecule has 26 heteroatoms. The summed E-state index contributed by atoms with van der Waals surface area (Å²) in [5.74, 6) is -8.14. The number of aliphatic carboxylic acids is 2. The van der Waals surface area contributed by atoms with E-state index in [4.69, 9.17) is 0 Å². The number of rotatable bonds is 37. The summed E-state index contributed by atoms with van der Waals surface area (Å²) in [6, 6.07) is 32.2. The monoisotopic (exact) mass is 1480 g/mol. The van der Waals surface area contributed by atoms with Crippen LogP contribution in [-0.4, -0.2) is 177 Å². The predicted molar refractivity (Wildman–Crippen MR) is 407 cm³/mol. The van der Waals surface area contributed by atoms with E-state index in [-0.39, 0.29) is 81.1 Å². The van der Waals surface area contributed by atoms with Crippen LogP contribution in [0.25, 0.3) is 0 Å². The second-order valence-electron chi connectivity index (χ2n) is 28.2. The number of carbonyl (C=O) groups excluding carboxylic acids is 9. The molecule has 6 aromatic carbocycles. The van der Waals surface area contributed by atoms with E-state index in [2.05, 4.69) is 70.5 Å². The van der Waals surface area contributed by atoms with Crippen molar-refractivity contribution in [2.45, 2.75) is 187 Å². The zero-order valence-corrected chi connectivity index (χ0v) is 62.6. The van der Waals surface area contributed by atoms with E-state index in [1.165, 1.54) is 38.1 Å². The van der Waals surface area contributed by atoms with Gasteiger partial charge in [0.2, 0.25) is 53.2 Å². The van der Waals surface area contributed by atoms with E-state index in [1.807, 2.05) is 42.2 Å². The van der Waals surface area contributed by atoms with Crippen LogP contribution in [0.3, 0.4) is 0 Å². The van der Waals surface area contributed by atoms with Crippen LogP contribution in [0.1, 0.15) is 139 Å². The van der Waals surface area contributed by atoms with Crippen LogP contribution in [0.5, 0.6) is 11.5 Å². The number of phenols is 2.